The van der Waals surface area contributed by atoms with Crippen LogP contribution in [0, 0.1) is 0 Å². The van der Waals surface area contributed by atoms with Crippen LogP contribution in [0.2, 0.25) is 0 Å². The lowest BCUT2D eigenvalue weighted by molar-refractivity contribution is -0.116. The molecule has 0 unspecified atom stereocenters. The molecular formula is C11H14O. The number of Topliss-reactive ketones (excluding diaryl/α,β-unsaturated/α-hetero) is 1. The topological polar surface area (TPSA) is 17.1 Å². The highest BCUT2D eigenvalue weighted by Crippen LogP contribution is 2.10. The molecule has 0 aromatic rings. The molecule has 12 heavy (non-hydrogen) atoms. The van der Waals surface area contributed by atoms with Gasteiger partial charge in [-0.15, -0.1) is 0 Å². The molecule has 0 radical (unpaired) electrons. The molecule has 0 heterocycles. The Kier molecular flexibility index (Phi) is 3.52. The summed E-state index contributed by atoms with van der Waals surface area (Å²) in [6, 6.07) is 0. The molecule has 0 fully saturated rings. The zero-order valence-electron chi connectivity index (χ0n) is 7.42. The van der Waals surface area contributed by atoms with Crippen molar-refractivity contribution >= 4 is 5.78 Å². The van der Waals surface area contributed by atoms with Gasteiger partial charge in [-0.3, -0.25) is 0 Å². The molecule has 1 aliphatic rings. The van der Waals surface area contributed by atoms with E-state index >= 15 is 0 Å². The number of hydrogen-bond acceptors (Lipinski definition) is 1. The molecular weight excluding hydrogens is 148 g/mol. The molecule has 0 atom stereocenters. The second-order valence-electron chi connectivity index (χ2n) is 3.01. The third kappa shape index (κ3) is 3.33. The normalized spacial score (nSPS) is 15.6. The van der Waals surface area contributed by atoms with Gasteiger partial charge in [0.25, 0.3) is 0 Å². The molecule has 0 aromatic heterocycles. The van der Waals surface area contributed by atoms with E-state index in [4.69, 9.17) is 0 Å². The number of carbonyl (C=O) groups is 1. The summed E-state index contributed by atoms with van der Waals surface area (Å²) in [5.74, 6) is 0.262. The van der Waals surface area contributed by atoms with Crippen LogP contribution in [0.4, 0.5) is 0 Å². The van der Waals surface area contributed by atoms with Crippen LogP contribution in [0.15, 0.2) is 36.0 Å². The lowest BCUT2D eigenvalue weighted by Gasteiger charge is -1.96. The molecule has 0 amide bonds. The molecule has 1 heteroatoms. The molecule has 64 valence electrons. The van der Waals surface area contributed by atoms with Gasteiger partial charge in [-0.2, -0.15) is 0 Å². The predicted octanol–water partition coefficient (Wildman–Crippen LogP) is 2.80. The maximum Gasteiger partial charge on any atom is 0.130 e. The SMILES string of the molecule is CC(=O)CCC1=CC=CCC=C1. The van der Waals surface area contributed by atoms with Crippen LogP contribution in [0.1, 0.15) is 26.2 Å². The number of allylic oxidation sites excluding steroid dienone is 6. The third-order valence-corrected chi connectivity index (χ3v) is 1.82. The summed E-state index contributed by atoms with van der Waals surface area (Å²) >= 11 is 0. The summed E-state index contributed by atoms with van der Waals surface area (Å²) in [6.45, 7) is 1.64. The molecule has 1 nitrogen and oxygen atoms in total. The molecule has 0 N–H and O–H groups in total. The highest BCUT2D eigenvalue weighted by atomic mass is 16.1. The summed E-state index contributed by atoms with van der Waals surface area (Å²) in [5, 5.41) is 0. The van der Waals surface area contributed by atoms with Crippen molar-refractivity contribution in [3.05, 3.63) is 36.0 Å². The fourth-order valence-corrected chi connectivity index (χ4v) is 1.11. The Morgan fingerprint density at radius 3 is 3.08 bits per heavy atom. The Morgan fingerprint density at radius 2 is 2.33 bits per heavy atom. The van der Waals surface area contributed by atoms with Crippen LogP contribution in [0.25, 0.3) is 0 Å². The van der Waals surface area contributed by atoms with Crippen LogP contribution in [-0.2, 0) is 4.79 Å². The van der Waals surface area contributed by atoms with Gasteiger partial charge in [0.05, 0.1) is 0 Å². The van der Waals surface area contributed by atoms with Crippen LogP contribution in [-0.4, -0.2) is 5.78 Å². The van der Waals surface area contributed by atoms with Gasteiger partial charge >= 0.3 is 0 Å². The van der Waals surface area contributed by atoms with Gasteiger partial charge in [0.15, 0.2) is 0 Å². The van der Waals surface area contributed by atoms with E-state index in [0.717, 1.165) is 12.8 Å². The Balaban J connectivity index is 2.45. The predicted molar refractivity (Wildman–Crippen MR) is 50.9 cm³/mol. The van der Waals surface area contributed by atoms with Crippen molar-refractivity contribution in [2.24, 2.45) is 0 Å². The fourth-order valence-electron chi connectivity index (χ4n) is 1.11. The van der Waals surface area contributed by atoms with Gasteiger partial charge in [0.1, 0.15) is 5.78 Å². The van der Waals surface area contributed by atoms with Crippen LogP contribution in [0.5, 0.6) is 0 Å². The Bertz CT molecular complexity index is 244. The molecule has 0 saturated carbocycles. The van der Waals surface area contributed by atoms with E-state index in [2.05, 4.69) is 30.4 Å². The van der Waals surface area contributed by atoms with Gasteiger partial charge in [-0.1, -0.05) is 30.4 Å². The van der Waals surface area contributed by atoms with Gasteiger partial charge in [0.2, 0.25) is 0 Å². The fraction of sp³-hybridized carbons (Fsp3) is 0.364. The van der Waals surface area contributed by atoms with Crippen molar-refractivity contribution in [1.82, 2.24) is 0 Å². The first-order chi connectivity index (χ1) is 5.79. The van der Waals surface area contributed by atoms with Gasteiger partial charge in [-0.25, -0.2) is 0 Å². The summed E-state index contributed by atoms with van der Waals surface area (Å²) in [5.41, 5.74) is 1.25. The average Bonchev–Trinajstić information content (AvgIpc) is 2.28. The number of ketones is 1. The van der Waals surface area contributed by atoms with Crippen molar-refractivity contribution in [3.8, 4) is 0 Å². The summed E-state index contributed by atoms with van der Waals surface area (Å²) in [6.07, 6.45) is 13.0. The monoisotopic (exact) mass is 162 g/mol. The van der Waals surface area contributed by atoms with E-state index in [1.807, 2.05) is 0 Å². The lowest BCUT2D eigenvalue weighted by Crippen LogP contribution is -1.90. The Labute approximate surface area is 73.5 Å². The maximum atomic E-state index is 10.7. The van der Waals surface area contributed by atoms with Crippen molar-refractivity contribution in [1.29, 1.82) is 0 Å². The quantitative estimate of drug-likeness (QED) is 0.623. The highest BCUT2D eigenvalue weighted by molar-refractivity contribution is 5.75. The average molecular weight is 162 g/mol. The van der Waals surface area contributed by atoms with Crippen molar-refractivity contribution in [2.75, 3.05) is 0 Å². The summed E-state index contributed by atoms with van der Waals surface area (Å²) in [4.78, 5) is 10.7. The van der Waals surface area contributed by atoms with Gasteiger partial charge < -0.3 is 4.79 Å². The van der Waals surface area contributed by atoms with Crippen molar-refractivity contribution < 1.29 is 4.79 Å². The largest absolute Gasteiger partial charge is 0.300 e. The van der Waals surface area contributed by atoms with E-state index in [0.29, 0.717) is 6.42 Å². The highest BCUT2D eigenvalue weighted by Gasteiger charge is 1.96. The molecule has 1 aliphatic carbocycles. The Morgan fingerprint density at radius 1 is 1.50 bits per heavy atom. The van der Waals surface area contributed by atoms with Crippen LogP contribution in [0.3, 0.4) is 0 Å². The second kappa shape index (κ2) is 4.70. The van der Waals surface area contributed by atoms with E-state index in [1.165, 1.54) is 5.57 Å². The van der Waals surface area contributed by atoms with Crippen LogP contribution >= 0.6 is 0 Å². The van der Waals surface area contributed by atoms with E-state index in [9.17, 15) is 4.79 Å². The number of carbonyl (C=O) groups excluding carboxylic acids is 1. The maximum absolute atomic E-state index is 10.7. The number of hydrogen-bond donors (Lipinski definition) is 0. The van der Waals surface area contributed by atoms with Gasteiger partial charge in [-0.05, 0) is 25.3 Å². The lowest BCUT2D eigenvalue weighted by atomic mass is 10.1. The van der Waals surface area contributed by atoms with Gasteiger partial charge in [0, 0.05) is 6.42 Å². The minimum Gasteiger partial charge on any atom is -0.300 e. The first kappa shape index (κ1) is 8.98. The standard InChI is InChI=1S/C11H14O/c1-10(12)8-9-11-6-4-2-3-5-7-11/h2,4-7H,3,8-9H2,1H3. The number of rotatable bonds is 3. The summed E-state index contributed by atoms with van der Waals surface area (Å²) in [7, 11) is 0. The molecule has 0 aliphatic heterocycles. The Hall–Kier alpha value is -1.11. The van der Waals surface area contributed by atoms with Crippen molar-refractivity contribution in [3.63, 3.8) is 0 Å². The minimum atomic E-state index is 0.262. The molecule has 0 aromatic carbocycles. The first-order valence-electron chi connectivity index (χ1n) is 4.31. The van der Waals surface area contributed by atoms with E-state index in [-0.39, 0.29) is 5.78 Å². The molecule has 0 saturated heterocycles. The van der Waals surface area contributed by atoms with E-state index in [1.54, 1.807) is 6.92 Å². The first-order valence-corrected chi connectivity index (χ1v) is 4.31. The summed E-state index contributed by atoms with van der Waals surface area (Å²) < 4.78 is 0. The molecule has 0 bridgehead atoms. The van der Waals surface area contributed by atoms with Crippen molar-refractivity contribution in [2.45, 2.75) is 26.2 Å². The third-order valence-electron chi connectivity index (χ3n) is 1.82. The molecule has 1 rings (SSSR count). The smallest absolute Gasteiger partial charge is 0.130 e. The zero-order valence-corrected chi connectivity index (χ0v) is 7.42. The second-order valence-corrected chi connectivity index (χ2v) is 3.01. The van der Waals surface area contributed by atoms with E-state index < -0.39 is 0 Å². The molecule has 0 spiro atoms. The zero-order chi connectivity index (χ0) is 8.81. The van der Waals surface area contributed by atoms with Crippen LogP contribution < -0.4 is 0 Å². The minimum absolute atomic E-state index is 0.262.